The van der Waals surface area contributed by atoms with Crippen molar-refractivity contribution in [1.82, 2.24) is 4.90 Å². The molecule has 90 valence electrons. The molecule has 3 nitrogen and oxygen atoms in total. The van der Waals surface area contributed by atoms with E-state index in [-0.39, 0.29) is 11.4 Å². The molecule has 1 atom stereocenters. The van der Waals surface area contributed by atoms with Gasteiger partial charge in [0.2, 0.25) is 0 Å². The van der Waals surface area contributed by atoms with Crippen molar-refractivity contribution in [1.29, 1.82) is 0 Å². The lowest BCUT2D eigenvalue weighted by Gasteiger charge is -2.19. The SMILES string of the molecule is CCC1=CN(C(=O)c2ccccc2Cl)C(N)S1. The van der Waals surface area contributed by atoms with E-state index in [9.17, 15) is 4.79 Å². The van der Waals surface area contributed by atoms with E-state index >= 15 is 0 Å². The summed E-state index contributed by atoms with van der Waals surface area (Å²) < 4.78 is 0. The van der Waals surface area contributed by atoms with Gasteiger partial charge in [0.05, 0.1) is 10.6 Å². The highest BCUT2D eigenvalue weighted by molar-refractivity contribution is 8.03. The lowest BCUT2D eigenvalue weighted by molar-refractivity contribution is 0.0815. The van der Waals surface area contributed by atoms with Gasteiger partial charge in [0.15, 0.2) is 0 Å². The molecule has 1 amide bonds. The summed E-state index contributed by atoms with van der Waals surface area (Å²) in [4.78, 5) is 14.9. The van der Waals surface area contributed by atoms with E-state index in [0.717, 1.165) is 11.3 Å². The van der Waals surface area contributed by atoms with Crippen LogP contribution in [0, 0.1) is 0 Å². The number of nitrogens with two attached hydrogens (primary N) is 1. The summed E-state index contributed by atoms with van der Waals surface area (Å²) in [7, 11) is 0. The standard InChI is InChI=1S/C12H13ClN2OS/c1-2-8-7-15(12(14)17-8)11(16)9-5-3-4-6-10(9)13/h3-7,12H,2,14H2,1H3. The number of allylic oxidation sites excluding steroid dienone is 1. The van der Waals surface area contributed by atoms with Crippen molar-refractivity contribution in [3.8, 4) is 0 Å². The third-order valence-electron chi connectivity index (χ3n) is 2.52. The monoisotopic (exact) mass is 268 g/mol. The lowest BCUT2D eigenvalue weighted by Crippen LogP contribution is -2.37. The average molecular weight is 269 g/mol. The molecule has 1 unspecified atom stereocenters. The molecule has 0 saturated heterocycles. The Morgan fingerprint density at radius 3 is 2.82 bits per heavy atom. The maximum Gasteiger partial charge on any atom is 0.261 e. The van der Waals surface area contributed by atoms with E-state index in [1.54, 1.807) is 30.5 Å². The summed E-state index contributed by atoms with van der Waals surface area (Å²) in [5.41, 5.74) is 6.04. The number of halogens is 1. The predicted octanol–water partition coefficient (Wildman–Crippen LogP) is 3.02. The second-order valence-corrected chi connectivity index (χ2v) is 5.30. The second kappa shape index (κ2) is 5.12. The van der Waals surface area contributed by atoms with Gasteiger partial charge in [-0.1, -0.05) is 42.4 Å². The fourth-order valence-corrected chi connectivity index (χ4v) is 2.73. The molecule has 0 aliphatic carbocycles. The molecule has 0 aromatic heterocycles. The predicted molar refractivity (Wildman–Crippen MR) is 71.6 cm³/mol. The zero-order valence-corrected chi connectivity index (χ0v) is 11.0. The van der Waals surface area contributed by atoms with E-state index in [4.69, 9.17) is 17.3 Å². The number of hydrogen-bond donors (Lipinski definition) is 1. The maximum atomic E-state index is 12.2. The molecule has 5 heteroatoms. The van der Waals surface area contributed by atoms with Gasteiger partial charge in [-0.25, -0.2) is 0 Å². The van der Waals surface area contributed by atoms with Crippen LogP contribution < -0.4 is 5.73 Å². The summed E-state index contributed by atoms with van der Waals surface area (Å²) in [6.07, 6.45) is 2.69. The number of benzene rings is 1. The van der Waals surface area contributed by atoms with Gasteiger partial charge in [-0.3, -0.25) is 9.69 Å². The molecule has 0 bridgehead atoms. The van der Waals surface area contributed by atoms with Gasteiger partial charge in [0, 0.05) is 11.1 Å². The highest BCUT2D eigenvalue weighted by Gasteiger charge is 2.28. The third-order valence-corrected chi connectivity index (χ3v) is 4.01. The van der Waals surface area contributed by atoms with Crippen molar-refractivity contribution in [3.05, 3.63) is 46.0 Å². The fourth-order valence-electron chi connectivity index (χ4n) is 1.59. The Hall–Kier alpha value is -0.970. The van der Waals surface area contributed by atoms with Gasteiger partial charge >= 0.3 is 0 Å². The van der Waals surface area contributed by atoms with Gasteiger partial charge in [0.1, 0.15) is 5.50 Å². The fraction of sp³-hybridized carbons (Fsp3) is 0.250. The molecule has 1 aromatic rings. The number of hydrogen-bond acceptors (Lipinski definition) is 3. The number of nitrogens with zero attached hydrogens (tertiary/aromatic N) is 1. The van der Waals surface area contributed by atoms with Crippen molar-refractivity contribution < 1.29 is 4.79 Å². The highest BCUT2D eigenvalue weighted by atomic mass is 35.5. The minimum atomic E-state index is -0.353. The molecule has 2 N–H and O–H groups in total. The summed E-state index contributed by atoms with van der Waals surface area (Å²) in [5.74, 6) is -0.154. The van der Waals surface area contributed by atoms with E-state index < -0.39 is 0 Å². The van der Waals surface area contributed by atoms with Crippen LogP contribution in [0.25, 0.3) is 0 Å². The molecular weight excluding hydrogens is 256 g/mol. The maximum absolute atomic E-state index is 12.2. The van der Waals surface area contributed by atoms with E-state index in [2.05, 4.69) is 0 Å². The topological polar surface area (TPSA) is 46.3 Å². The number of rotatable bonds is 2. The molecule has 0 fully saturated rings. The lowest BCUT2D eigenvalue weighted by atomic mass is 10.2. The first-order valence-corrected chi connectivity index (χ1v) is 6.59. The zero-order chi connectivity index (χ0) is 12.4. The van der Waals surface area contributed by atoms with Crippen molar-refractivity contribution in [2.75, 3.05) is 0 Å². The third kappa shape index (κ3) is 2.49. The summed E-state index contributed by atoms with van der Waals surface area (Å²) >= 11 is 7.50. The van der Waals surface area contributed by atoms with Gasteiger partial charge in [-0.2, -0.15) is 0 Å². The van der Waals surface area contributed by atoms with Crippen LogP contribution in [0.5, 0.6) is 0 Å². The first kappa shape index (κ1) is 12.5. The average Bonchev–Trinajstić information content (AvgIpc) is 2.70. The molecule has 17 heavy (non-hydrogen) atoms. The zero-order valence-electron chi connectivity index (χ0n) is 9.39. The van der Waals surface area contributed by atoms with Crippen molar-refractivity contribution in [2.24, 2.45) is 5.73 Å². The second-order valence-electron chi connectivity index (χ2n) is 3.65. The molecular formula is C12H13ClN2OS. The summed E-state index contributed by atoms with van der Waals surface area (Å²) in [5, 5.41) is 0.452. The Balaban J connectivity index is 2.27. The number of amides is 1. The number of carbonyl (C=O) groups is 1. The van der Waals surface area contributed by atoms with Gasteiger partial charge in [-0.15, -0.1) is 0 Å². The summed E-state index contributed by atoms with van der Waals surface area (Å²) in [6.45, 7) is 2.04. The Morgan fingerprint density at radius 2 is 2.24 bits per heavy atom. The molecule has 2 rings (SSSR count). The van der Waals surface area contributed by atoms with Crippen LogP contribution in [0.1, 0.15) is 23.7 Å². The minimum Gasteiger partial charge on any atom is -0.302 e. The smallest absolute Gasteiger partial charge is 0.261 e. The molecule has 0 saturated carbocycles. The van der Waals surface area contributed by atoms with Crippen LogP contribution >= 0.6 is 23.4 Å². The normalized spacial score (nSPS) is 19.4. The largest absolute Gasteiger partial charge is 0.302 e. The van der Waals surface area contributed by atoms with Crippen molar-refractivity contribution >= 4 is 29.3 Å². The highest BCUT2D eigenvalue weighted by Crippen LogP contribution is 2.33. The minimum absolute atomic E-state index is 0.154. The Labute approximate surface area is 110 Å². The van der Waals surface area contributed by atoms with Crippen LogP contribution in [0.3, 0.4) is 0 Å². The molecule has 0 radical (unpaired) electrons. The Morgan fingerprint density at radius 1 is 1.53 bits per heavy atom. The number of carbonyl (C=O) groups excluding carboxylic acids is 1. The first-order chi connectivity index (χ1) is 8.13. The molecule has 1 heterocycles. The van der Waals surface area contributed by atoms with E-state index in [1.807, 2.05) is 6.92 Å². The van der Waals surface area contributed by atoms with Crippen LogP contribution in [0.15, 0.2) is 35.4 Å². The Kier molecular flexibility index (Phi) is 3.76. The molecule has 1 aliphatic rings. The van der Waals surface area contributed by atoms with E-state index in [1.165, 1.54) is 16.7 Å². The van der Waals surface area contributed by atoms with Crippen molar-refractivity contribution in [2.45, 2.75) is 18.8 Å². The Bertz CT molecular complexity index is 475. The molecule has 1 aromatic carbocycles. The van der Waals surface area contributed by atoms with Gasteiger partial charge in [0.25, 0.3) is 5.91 Å². The van der Waals surface area contributed by atoms with Crippen LogP contribution in [-0.2, 0) is 0 Å². The van der Waals surface area contributed by atoms with Gasteiger partial charge in [-0.05, 0) is 18.6 Å². The molecule has 0 spiro atoms. The number of thioether (sulfide) groups is 1. The van der Waals surface area contributed by atoms with E-state index in [0.29, 0.717) is 10.6 Å². The van der Waals surface area contributed by atoms with Gasteiger partial charge < -0.3 is 5.73 Å². The van der Waals surface area contributed by atoms with Crippen LogP contribution in [0.4, 0.5) is 0 Å². The van der Waals surface area contributed by atoms with Crippen LogP contribution in [-0.4, -0.2) is 16.3 Å². The quantitative estimate of drug-likeness (QED) is 0.897. The summed E-state index contributed by atoms with van der Waals surface area (Å²) in [6, 6.07) is 7.00. The first-order valence-electron chi connectivity index (χ1n) is 5.33. The van der Waals surface area contributed by atoms with Crippen molar-refractivity contribution in [3.63, 3.8) is 0 Å². The molecule has 1 aliphatic heterocycles. The van der Waals surface area contributed by atoms with Crippen LogP contribution in [0.2, 0.25) is 5.02 Å².